The van der Waals surface area contributed by atoms with E-state index in [1.807, 2.05) is 0 Å². The Morgan fingerprint density at radius 1 is 1.37 bits per heavy atom. The Morgan fingerprint density at radius 2 is 1.89 bits per heavy atom. The van der Waals surface area contributed by atoms with E-state index < -0.39 is 17.9 Å². The fourth-order valence-corrected chi connectivity index (χ4v) is 1.66. The number of carboxylic acid groups (broad SMARTS) is 1. The highest BCUT2D eigenvalue weighted by atomic mass is 19.1. The van der Waals surface area contributed by atoms with Crippen LogP contribution in [0.5, 0.6) is 0 Å². The van der Waals surface area contributed by atoms with Gasteiger partial charge in [0.15, 0.2) is 6.04 Å². The number of hydrogen-bond donors (Lipinski definition) is 2. The average molecular weight is 269 g/mol. The predicted molar refractivity (Wildman–Crippen MR) is 66.6 cm³/mol. The van der Waals surface area contributed by atoms with E-state index >= 15 is 0 Å². The van der Waals surface area contributed by atoms with E-state index in [-0.39, 0.29) is 18.0 Å². The molecule has 104 valence electrons. The molecule has 0 radical (unpaired) electrons. The first-order valence-corrected chi connectivity index (χ1v) is 5.66. The van der Waals surface area contributed by atoms with Crippen LogP contribution in [-0.2, 0) is 9.53 Å². The summed E-state index contributed by atoms with van der Waals surface area (Å²) in [7, 11) is 1.34. The van der Waals surface area contributed by atoms with E-state index in [9.17, 15) is 14.0 Å². The van der Waals surface area contributed by atoms with Gasteiger partial charge < -0.3 is 15.2 Å². The summed E-state index contributed by atoms with van der Waals surface area (Å²) in [6, 6.07) is 1.62. The standard InChI is InChI=1S/C13H16FNO4/c1-7-4-9(5-8(2)11(7)14)12(16)15-10(6-19-3)13(17)18/h4-5,10H,6H2,1-3H3,(H,15,16)(H,17,18). The number of amides is 1. The van der Waals surface area contributed by atoms with Gasteiger partial charge in [0.1, 0.15) is 5.82 Å². The number of hydrogen-bond acceptors (Lipinski definition) is 3. The van der Waals surface area contributed by atoms with Crippen LogP contribution in [0.25, 0.3) is 0 Å². The number of rotatable bonds is 5. The van der Waals surface area contributed by atoms with Gasteiger partial charge in [-0.2, -0.15) is 0 Å². The zero-order chi connectivity index (χ0) is 14.6. The third-order valence-corrected chi connectivity index (χ3v) is 2.64. The molecule has 0 aliphatic rings. The van der Waals surface area contributed by atoms with Crippen molar-refractivity contribution in [1.29, 1.82) is 0 Å². The molecule has 0 saturated carbocycles. The fraction of sp³-hybridized carbons (Fsp3) is 0.385. The molecule has 5 nitrogen and oxygen atoms in total. The van der Waals surface area contributed by atoms with Crippen LogP contribution in [0.1, 0.15) is 21.5 Å². The van der Waals surface area contributed by atoms with Gasteiger partial charge >= 0.3 is 5.97 Å². The Balaban J connectivity index is 2.91. The van der Waals surface area contributed by atoms with Crippen LogP contribution in [-0.4, -0.2) is 36.7 Å². The van der Waals surface area contributed by atoms with Crippen LogP contribution in [0.3, 0.4) is 0 Å². The van der Waals surface area contributed by atoms with E-state index in [0.717, 1.165) is 0 Å². The minimum absolute atomic E-state index is 0.139. The molecule has 0 fully saturated rings. The first-order valence-electron chi connectivity index (χ1n) is 5.66. The predicted octanol–water partition coefficient (Wildman–Crippen LogP) is 1.27. The van der Waals surface area contributed by atoms with Gasteiger partial charge in [-0.05, 0) is 37.1 Å². The van der Waals surface area contributed by atoms with Crippen molar-refractivity contribution in [2.45, 2.75) is 19.9 Å². The zero-order valence-electron chi connectivity index (χ0n) is 11.0. The normalized spacial score (nSPS) is 12.0. The van der Waals surface area contributed by atoms with Gasteiger partial charge in [-0.25, -0.2) is 9.18 Å². The summed E-state index contributed by atoms with van der Waals surface area (Å²) in [5, 5.41) is 11.2. The van der Waals surface area contributed by atoms with Crippen molar-refractivity contribution in [3.63, 3.8) is 0 Å². The summed E-state index contributed by atoms with van der Waals surface area (Å²) in [6.45, 7) is 2.95. The van der Waals surface area contributed by atoms with E-state index in [4.69, 9.17) is 9.84 Å². The van der Waals surface area contributed by atoms with Crippen molar-refractivity contribution in [1.82, 2.24) is 5.32 Å². The Kier molecular flexibility index (Phi) is 5.00. The molecular formula is C13H16FNO4. The lowest BCUT2D eigenvalue weighted by molar-refractivity contribution is -0.140. The van der Waals surface area contributed by atoms with Crippen molar-refractivity contribution in [3.05, 3.63) is 34.6 Å². The number of carbonyl (C=O) groups is 2. The molecule has 0 saturated heterocycles. The Hall–Kier alpha value is -1.95. The van der Waals surface area contributed by atoms with Crippen molar-refractivity contribution in [3.8, 4) is 0 Å². The molecular weight excluding hydrogens is 253 g/mol. The second-order valence-corrected chi connectivity index (χ2v) is 4.24. The first kappa shape index (κ1) is 15.1. The van der Waals surface area contributed by atoms with Crippen LogP contribution >= 0.6 is 0 Å². The number of ether oxygens (including phenoxy) is 1. The largest absolute Gasteiger partial charge is 0.480 e. The van der Waals surface area contributed by atoms with Crippen LogP contribution in [0.2, 0.25) is 0 Å². The second kappa shape index (κ2) is 6.29. The highest BCUT2D eigenvalue weighted by molar-refractivity contribution is 5.97. The Bertz CT molecular complexity index is 478. The van der Waals surface area contributed by atoms with Gasteiger partial charge in [-0.1, -0.05) is 0 Å². The number of benzene rings is 1. The van der Waals surface area contributed by atoms with E-state index in [1.54, 1.807) is 13.8 Å². The monoisotopic (exact) mass is 269 g/mol. The molecule has 6 heteroatoms. The number of nitrogens with one attached hydrogen (secondary N) is 1. The van der Waals surface area contributed by atoms with Crippen molar-refractivity contribution >= 4 is 11.9 Å². The third kappa shape index (κ3) is 3.75. The maximum Gasteiger partial charge on any atom is 0.328 e. The SMILES string of the molecule is COCC(NC(=O)c1cc(C)c(F)c(C)c1)C(=O)O. The van der Waals surface area contributed by atoms with Gasteiger partial charge in [0.05, 0.1) is 6.61 Å². The van der Waals surface area contributed by atoms with Gasteiger partial charge in [-0.15, -0.1) is 0 Å². The summed E-state index contributed by atoms with van der Waals surface area (Å²) in [5.41, 5.74) is 0.895. The Labute approximate surface area is 110 Å². The van der Waals surface area contributed by atoms with Crippen molar-refractivity contribution in [2.24, 2.45) is 0 Å². The number of aliphatic carboxylic acids is 1. The molecule has 1 aromatic carbocycles. The molecule has 0 aliphatic heterocycles. The molecule has 1 rings (SSSR count). The maximum absolute atomic E-state index is 13.4. The van der Waals surface area contributed by atoms with Crippen molar-refractivity contribution < 1.29 is 23.8 Å². The molecule has 0 aliphatic carbocycles. The molecule has 2 N–H and O–H groups in total. The molecule has 0 aromatic heterocycles. The summed E-state index contributed by atoms with van der Waals surface area (Å²) < 4.78 is 18.2. The van der Waals surface area contributed by atoms with Crippen LogP contribution in [0.4, 0.5) is 4.39 Å². The van der Waals surface area contributed by atoms with E-state index in [0.29, 0.717) is 11.1 Å². The van der Waals surface area contributed by atoms with Gasteiger partial charge in [-0.3, -0.25) is 4.79 Å². The van der Waals surface area contributed by atoms with Crippen molar-refractivity contribution in [2.75, 3.05) is 13.7 Å². The van der Waals surface area contributed by atoms with E-state index in [2.05, 4.69) is 5.32 Å². The number of methoxy groups -OCH3 is 1. The lowest BCUT2D eigenvalue weighted by atomic mass is 10.1. The van der Waals surface area contributed by atoms with Crippen LogP contribution < -0.4 is 5.32 Å². The molecule has 1 atom stereocenters. The molecule has 1 unspecified atom stereocenters. The molecule has 0 heterocycles. The minimum Gasteiger partial charge on any atom is -0.480 e. The first-order chi connectivity index (χ1) is 8.86. The maximum atomic E-state index is 13.4. The molecule has 1 amide bonds. The highest BCUT2D eigenvalue weighted by Crippen LogP contribution is 2.14. The molecule has 0 spiro atoms. The summed E-state index contributed by atoms with van der Waals surface area (Å²) in [5.74, 6) is -2.13. The molecule has 1 aromatic rings. The second-order valence-electron chi connectivity index (χ2n) is 4.24. The number of halogens is 1. The van der Waals surface area contributed by atoms with Crippen LogP contribution in [0.15, 0.2) is 12.1 Å². The lowest BCUT2D eigenvalue weighted by Gasteiger charge is -2.14. The third-order valence-electron chi connectivity index (χ3n) is 2.64. The van der Waals surface area contributed by atoms with Gasteiger partial charge in [0.25, 0.3) is 5.91 Å². The quantitative estimate of drug-likeness (QED) is 0.844. The lowest BCUT2D eigenvalue weighted by Crippen LogP contribution is -2.43. The Morgan fingerprint density at radius 3 is 2.32 bits per heavy atom. The molecule has 19 heavy (non-hydrogen) atoms. The summed E-state index contributed by atoms with van der Waals surface area (Å²) >= 11 is 0. The number of aryl methyl sites for hydroxylation is 2. The smallest absolute Gasteiger partial charge is 0.328 e. The fourth-order valence-electron chi connectivity index (χ4n) is 1.66. The number of carboxylic acids is 1. The summed E-state index contributed by atoms with van der Waals surface area (Å²) in [4.78, 5) is 22.8. The minimum atomic E-state index is -1.19. The summed E-state index contributed by atoms with van der Waals surface area (Å²) in [6.07, 6.45) is 0. The molecule has 0 bridgehead atoms. The topological polar surface area (TPSA) is 75.6 Å². The zero-order valence-corrected chi connectivity index (χ0v) is 11.0. The highest BCUT2D eigenvalue weighted by Gasteiger charge is 2.21. The van der Waals surface area contributed by atoms with Crippen LogP contribution in [0, 0.1) is 19.7 Å². The van der Waals surface area contributed by atoms with Gasteiger partial charge in [0.2, 0.25) is 0 Å². The number of carbonyl (C=O) groups excluding carboxylic acids is 1. The van der Waals surface area contributed by atoms with Gasteiger partial charge in [0, 0.05) is 12.7 Å². The average Bonchev–Trinajstić information content (AvgIpc) is 2.34. The van der Waals surface area contributed by atoms with E-state index in [1.165, 1.54) is 19.2 Å².